The van der Waals surface area contributed by atoms with Crippen molar-refractivity contribution < 1.29 is 21.9 Å². The highest BCUT2D eigenvalue weighted by molar-refractivity contribution is 7.89. The largest absolute Gasteiger partial charge is 0.384 e. The van der Waals surface area contributed by atoms with E-state index in [1.807, 2.05) is 0 Å². The van der Waals surface area contributed by atoms with Gasteiger partial charge < -0.3 is 10.1 Å². The number of hydrogen-bond acceptors (Lipinski definition) is 4. The topological polar surface area (TPSA) is 67.4 Å². The first-order valence-electron chi connectivity index (χ1n) is 7.04. The Kier molecular flexibility index (Phi) is 5.49. The van der Waals surface area contributed by atoms with Crippen LogP contribution in [0.25, 0.3) is 0 Å². The van der Waals surface area contributed by atoms with Gasteiger partial charge in [0.15, 0.2) is 4.90 Å². The Morgan fingerprint density at radius 2 is 1.86 bits per heavy atom. The Hall–Kier alpha value is -1.09. The van der Waals surface area contributed by atoms with E-state index in [1.165, 1.54) is 0 Å². The molecule has 0 bridgehead atoms. The van der Waals surface area contributed by atoms with Crippen LogP contribution in [0.3, 0.4) is 0 Å². The van der Waals surface area contributed by atoms with E-state index in [0.29, 0.717) is 6.61 Å². The zero-order valence-corrected chi connectivity index (χ0v) is 13.2. The lowest BCUT2D eigenvalue weighted by molar-refractivity contribution is 0.0577. The third-order valence-corrected chi connectivity index (χ3v) is 5.39. The van der Waals surface area contributed by atoms with Crippen LogP contribution in [0.2, 0.25) is 0 Å². The molecule has 0 aliphatic carbocycles. The molecule has 0 radical (unpaired) electrons. The zero-order valence-electron chi connectivity index (χ0n) is 12.4. The maximum atomic E-state index is 13.7. The predicted molar refractivity (Wildman–Crippen MR) is 78.0 cm³/mol. The number of ether oxygens (including phenoxy) is 1. The quantitative estimate of drug-likeness (QED) is 0.822. The van der Waals surface area contributed by atoms with Gasteiger partial charge in [-0.3, -0.25) is 0 Å². The van der Waals surface area contributed by atoms with Gasteiger partial charge in [0.1, 0.15) is 11.6 Å². The summed E-state index contributed by atoms with van der Waals surface area (Å²) in [7, 11) is -2.70. The number of benzene rings is 1. The van der Waals surface area contributed by atoms with Crippen molar-refractivity contribution in [3.05, 3.63) is 29.8 Å². The molecule has 0 spiro atoms. The first-order valence-corrected chi connectivity index (χ1v) is 8.52. The second kappa shape index (κ2) is 6.99. The van der Waals surface area contributed by atoms with Crippen molar-refractivity contribution >= 4 is 10.0 Å². The molecule has 1 saturated heterocycles. The summed E-state index contributed by atoms with van der Waals surface area (Å²) in [4.78, 5) is -0.934. The molecule has 124 valence electrons. The molecule has 1 heterocycles. The molecule has 2 N–H and O–H groups in total. The van der Waals surface area contributed by atoms with Crippen molar-refractivity contribution in [2.24, 2.45) is 5.41 Å². The fourth-order valence-electron chi connectivity index (χ4n) is 2.69. The van der Waals surface area contributed by atoms with Crippen LogP contribution < -0.4 is 10.0 Å². The molecule has 8 heteroatoms. The van der Waals surface area contributed by atoms with Crippen LogP contribution in [0.15, 0.2) is 23.1 Å². The Morgan fingerprint density at radius 1 is 1.27 bits per heavy atom. The van der Waals surface area contributed by atoms with Crippen molar-refractivity contribution in [3.8, 4) is 0 Å². The summed E-state index contributed by atoms with van der Waals surface area (Å²) in [6.07, 6.45) is 1.45. The van der Waals surface area contributed by atoms with Crippen molar-refractivity contribution in [3.63, 3.8) is 0 Å². The highest BCUT2D eigenvalue weighted by atomic mass is 32.2. The van der Waals surface area contributed by atoms with E-state index in [-0.39, 0.29) is 12.0 Å². The maximum Gasteiger partial charge on any atom is 0.246 e. The lowest BCUT2D eigenvalue weighted by Gasteiger charge is -2.37. The molecule has 0 atom stereocenters. The average molecular weight is 334 g/mol. The average Bonchev–Trinajstić information content (AvgIpc) is 2.46. The Balaban J connectivity index is 2.18. The van der Waals surface area contributed by atoms with Gasteiger partial charge in [-0.1, -0.05) is 6.07 Å². The molecule has 0 amide bonds. The number of sulfonamides is 1. The van der Waals surface area contributed by atoms with Gasteiger partial charge in [0.05, 0.1) is 6.61 Å². The third kappa shape index (κ3) is 3.81. The van der Waals surface area contributed by atoms with Gasteiger partial charge in [0.2, 0.25) is 10.0 Å². The number of nitrogens with one attached hydrogen (secondary N) is 2. The predicted octanol–water partition coefficient (Wildman–Crippen LogP) is 1.26. The first kappa shape index (κ1) is 17.3. The van der Waals surface area contributed by atoms with Gasteiger partial charge in [-0.25, -0.2) is 21.9 Å². The summed E-state index contributed by atoms with van der Waals surface area (Å²) in [5, 5.41) is 3.19. The molecule has 0 saturated carbocycles. The van der Waals surface area contributed by atoms with Crippen LogP contribution in [-0.2, 0) is 14.8 Å². The summed E-state index contributed by atoms with van der Waals surface area (Å²) in [5.74, 6) is -2.20. The standard InChI is InChI=1S/C14H20F2N2O3S/c1-21-10-14(5-7-17-8-6-14)9-18-22(19,20)13-11(15)3-2-4-12(13)16/h2-4,17-18H,5-10H2,1H3. The normalized spacial score (nSPS) is 18.3. The zero-order chi connectivity index (χ0) is 16.2. The number of halogens is 2. The second-order valence-corrected chi connectivity index (χ2v) is 7.26. The van der Waals surface area contributed by atoms with Crippen molar-refractivity contribution in [1.29, 1.82) is 0 Å². The summed E-state index contributed by atoms with van der Waals surface area (Å²) in [6, 6.07) is 2.98. The summed E-state index contributed by atoms with van der Waals surface area (Å²) < 4.78 is 59.3. The fourth-order valence-corrected chi connectivity index (χ4v) is 3.99. The van der Waals surface area contributed by atoms with Gasteiger partial charge in [-0.05, 0) is 38.1 Å². The Labute approximate surface area is 129 Å². The molecule has 1 aromatic rings. The van der Waals surface area contributed by atoms with Crippen LogP contribution in [0, 0.1) is 17.0 Å². The number of piperidine rings is 1. The van der Waals surface area contributed by atoms with Gasteiger partial charge >= 0.3 is 0 Å². The van der Waals surface area contributed by atoms with Gasteiger partial charge in [-0.2, -0.15) is 0 Å². The molecule has 1 aliphatic heterocycles. The minimum Gasteiger partial charge on any atom is -0.384 e. The van der Waals surface area contributed by atoms with E-state index in [9.17, 15) is 17.2 Å². The van der Waals surface area contributed by atoms with Gasteiger partial charge in [0.25, 0.3) is 0 Å². The molecular weight excluding hydrogens is 314 g/mol. The molecule has 1 aliphatic rings. The molecule has 5 nitrogen and oxygen atoms in total. The molecule has 1 aromatic carbocycles. The van der Waals surface area contributed by atoms with Gasteiger partial charge in [0, 0.05) is 19.1 Å². The number of rotatable bonds is 6. The van der Waals surface area contributed by atoms with E-state index in [2.05, 4.69) is 10.0 Å². The highest BCUT2D eigenvalue weighted by Gasteiger charge is 2.34. The fraction of sp³-hybridized carbons (Fsp3) is 0.571. The Bertz CT molecular complexity index is 591. The highest BCUT2D eigenvalue weighted by Crippen LogP contribution is 2.29. The van der Waals surface area contributed by atoms with E-state index >= 15 is 0 Å². The molecule has 1 fully saturated rings. The monoisotopic (exact) mass is 334 g/mol. The minimum absolute atomic E-state index is 0.0820. The van der Waals surface area contributed by atoms with Crippen LogP contribution >= 0.6 is 0 Å². The van der Waals surface area contributed by atoms with Gasteiger partial charge in [-0.15, -0.1) is 0 Å². The molecule has 22 heavy (non-hydrogen) atoms. The van der Waals surface area contributed by atoms with Crippen molar-refractivity contribution in [2.75, 3.05) is 33.4 Å². The number of hydrogen-bond donors (Lipinski definition) is 2. The maximum absolute atomic E-state index is 13.7. The third-order valence-electron chi connectivity index (χ3n) is 3.94. The van der Waals surface area contributed by atoms with Crippen molar-refractivity contribution in [1.82, 2.24) is 10.0 Å². The molecular formula is C14H20F2N2O3S. The van der Waals surface area contributed by atoms with Crippen molar-refractivity contribution in [2.45, 2.75) is 17.7 Å². The molecule has 2 rings (SSSR count). The lowest BCUT2D eigenvalue weighted by Crippen LogP contribution is -2.47. The van der Waals surface area contributed by atoms with Crippen LogP contribution in [0.5, 0.6) is 0 Å². The summed E-state index contributed by atoms with van der Waals surface area (Å²) in [5.41, 5.74) is -0.366. The molecule has 0 aromatic heterocycles. The first-order chi connectivity index (χ1) is 10.4. The summed E-state index contributed by atoms with van der Waals surface area (Å²) >= 11 is 0. The van der Waals surface area contributed by atoms with E-state index < -0.39 is 26.6 Å². The molecule has 0 unspecified atom stereocenters. The Morgan fingerprint density at radius 3 is 2.41 bits per heavy atom. The van der Waals surface area contributed by atoms with E-state index in [0.717, 1.165) is 44.1 Å². The van der Waals surface area contributed by atoms with E-state index in [4.69, 9.17) is 4.74 Å². The number of methoxy groups -OCH3 is 1. The van der Waals surface area contributed by atoms with Crippen LogP contribution in [0.1, 0.15) is 12.8 Å². The SMILES string of the molecule is COCC1(CNS(=O)(=O)c2c(F)cccc2F)CCNCC1. The van der Waals surface area contributed by atoms with Crippen LogP contribution in [-0.4, -0.2) is 41.8 Å². The lowest BCUT2D eigenvalue weighted by atomic mass is 9.80. The van der Waals surface area contributed by atoms with E-state index in [1.54, 1.807) is 7.11 Å². The second-order valence-electron chi connectivity index (χ2n) is 5.56. The van der Waals surface area contributed by atoms with Crippen LogP contribution in [0.4, 0.5) is 8.78 Å². The minimum atomic E-state index is -4.25. The summed E-state index contributed by atoms with van der Waals surface area (Å²) in [6.45, 7) is 1.97. The smallest absolute Gasteiger partial charge is 0.246 e.